The van der Waals surface area contributed by atoms with Crippen LogP contribution in [0.15, 0.2) is 121 Å². The van der Waals surface area contributed by atoms with Crippen molar-refractivity contribution in [3.63, 3.8) is 0 Å². The maximum absolute atomic E-state index is 2.62. The lowest BCUT2D eigenvalue weighted by Crippen LogP contribution is -2.86. The quantitative estimate of drug-likeness (QED) is 0.205. The molecule has 9 rings (SSSR count). The molecule has 0 unspecified atom stereocenters. The molecule has 0 saturated heterocycles. The standard InChI is InChI=1S/C41H38BNSSi2/c1-41(2)31-21-14-13-20-30(31)36-38-40(44-39(36)41)46(5,6)34-23-15-22-33-37(34)42(38)32-25-24-29(26-35(32)45(33,3)4)43(27-16-9-7-10-17-27)28-18-11-8-12-19-28/h7-26H,1-6H3. The largest absolute Gasteiger partial charge is 0.311 e. The highest BCUT2D eigenvalue weighted by atomic mass is 32.1. The maximum atomic E-state index is 2.62. The second-order valence-corrected chi connectivity index (χ2v) is 24.9. The molecule has 3 heterocycles. The van der Waals surface area contributed by atoms with Gasteiger partial charge in [0.1, 0.15) is 16.1 Å². The number of fused-ring (bicyclic) bond motifs is 8. The fourth-order valence-corrected chi connectivity index (χ4v) is 17.9. The zero-order valence-electron chi connectivity index (χ0n) is 27.5. The van der Waals surface area contributed by atoms with Crippen LogP contribution in [0.3, 0.4) is 0 Å². The summed E-state index contributed by atoms with van der Waals surface area (Å²) in [6.45, 7) is 15.6. The average Bonchev–Trinajstić information content (AvgIpc) is 3.57. The van der Waals surface area contributed by atoms with Crippen LogP contribution in [-0.2, 0) is 5.41 Å². The van der Waals surface area contributed by atoms with Gasteiger partial charge in [-0.05, 0) is 57.6 Å². The van der Waals surface area contributed by atoms with Crippen molar-refractivity contribution in [3.8, 4) is 11.1 Å². The first kappa shape index (κ1) is 28.3. The molecule has 0 fully saturated rings. The van der Waals surface area contributed by atoms with Crippen molar-refractivity contribution in [2.24, 2.45) is 0 Å². The Hall–Kier alpha value is -3.90. The van der Waals surface area contributed by atoms with Crippen molar-refractivity contribution >= 4 is 87.7 Å². The summed E-state index contributed by atoms with van der Waals surface area (Å²) in [6.07, 6.45) is 0. The molecule has 2 aliphatic heterocycles. The number of hydrogen-bond acceptors (Lipinski definition) is 2. The van der Waals surface area contributed by atoms with E-state index in [2.05, 4.69) is 178 Å². The van der Waals surface area contributed by atoms with Crippen molar-refractivity contribution in [2.75, 3.05) is 4.90 Å². The Kier molecular flexibility index (Phi) is 5.89. The summed E-state index contributed by atoms with van der Waals surface area (Å²) in [5, 5.41) is 4.88. The molecule has 1 aliphatic carbocycles. The van der Waals surface area contributed by atoms with E-state index in [0.29, 0.717) is 0 Å². The first-order chi connectivity index (χ1) is 22.1. The van der Waals surface area contributed by atoms with Crippen LogP contribution in [0.5, 0.6) is 0 Å². The number of thiophene rings is 1. The van der Waals surface area contributed by atoms with Crippen molar-refractivity contribution in [1.29, 1.82) is 0 Å². The predicted molar refractivity (Wildman–Crippen MR) is 208 cm³/mol. The zero-order chi connectivity index (χ0) is 31.6. The van der Waals surface area contributed by atoms with Gasteiger partial charge in [0.05, 0.1) is 0 Å². The van der Waals surface area contributed by atoms with E-state index in [1.54, 1.807) is 41.4 Å². The summed E-state index contributed by atoms with van der Waals surface area (Å²) in [6, 6.07) is 45.8. The molecule has 3 aliphatic rings. The molecule has 5 heteroatoms. The molecule has 5 aromatic carbocycles. The van der Waals surface area contributed by atoms with E-state index in [-0.39, 0.29) is 12.1 Å². The minimum atomic E-state index is -2.06. The smallest absolute Gasteiger partial charge is 0.242 e. The number of para-hydroxylation sites is 2. The van der Waals surface area contributed by atoms with Crippen LogP contribution in [-0.4, -0.2) is 22.9 Å². The molecule has 0 bridgehead atoms. The van der Waals surface area contributed by atoms with Gasteiger partial charge < -0.3 is 4.90 Å². The third-order valence-corrected chi connectivity index (χ3v) is 21.2. The van der Waals surface area contributed by atoms with Gasteiger partial charge in [-0.2, -0.15) is 0 Å². The van der Waals surface area contributed by atoms with Crippen molar-refractivity contribution in [1.82, 2.24) is 0 Å². The Labute approximate surface area is 279 Å². The second kappa shape index (κ2) is 9.57. The minimum absolute atomic E-state index is 0.0225. The lowest BCUT2D eigenvalue weighted by atomic mass is 9.36. The zero-order valence-corrected chi connectivity index (χ0v) is 30.3. The summed E-state index contributed by atoms with van der Waals surface area (Å²) < 4.78 is 1.70. The third-order valence-electron chi connectivity index (χ3n) is 11.3. The lowest BCUT2D eigenvalue weighted by molar-refractivity contribution is 0.674. The average molecular weight is 644 g/mol. The van der Waals surface area contributed by atoms with Crippen LogP contribution in [0.25, 0.3) is 11.1 Å². The molecule has 46 heavy (non-hydrogen) atoms. The third kappa shape index (κ3) is 3.62. The Bertz CT molecular complexity index is 2160. The number of anilines is 3. The maximum Gasteiger partial charge on any atom is 0.242 e. The first-order valence-electron chi connectivity index (χ1n) is 16.6. The molecule has 0 N–H and O–H groups in total. The molecule has 0 saturated carbocycles. The van der Waals surface area contributed by atoms with Crippen LogP contribution < -0.4 is 41.3 Å². The van der Waals surface area contributed by atoms with E-state index in [1.165, 1.54) is 33.7 Å². The highest BCUT2D eigenvalue weighted by Crippen LogP contribution is 2.50. The van der Waals surface area contributed by atoms with Gasteiger partial charge >= 0.3 is 0 Å². The van der Waals surface area contributed by atoms with Crippen LogP contribution in [0, 0.1) is 0 Å². The number of benzene rings is 5. The summed E-state index contributed by atoms with van der Waals surface area (Å²) in [7, 11) is -3.99. The van der Waals surface area contributed by atoms with Gasteiger partial charge in [-0.15, -0.1) is 11.3 Å². The molecular weight excluding hydrogens is 606 g/mol. The fraction of sp³-hybridized carbons (Fsp3) is 0.171. The van der Waals surface area contributed by atoms with E-state index < -0.39 is 16.1 Å². The summed E-state index contributed by atoms with van der Waals surface area (Å²) in [4.78, 5) is 4.01. The summed E-state index contributed by atoms with van der Waals surface area (Å²) in [5.41, 5.74) is 13.0. The van der Waals surface area contributed by atoms with Crippen LogP contribution in [0.4, 0.5) is 17.1 Å². The van der Waals surface area contributed by atoms with Crippen LogP contribution in [0.2, 0.25) is 26.2 Å². The number of hydrogen-bond donors (Lipinski definition) is 0. The SMILES string of the molecule is CC1(C)c2ccccc2-c2c1sc1c2B2c3ccc(N(c4ccccc4)c4ccccc4)cc3[Si](C)(C)c3cccc(c32)[Si]1(C)C. The molecule has 1 nitrogen and oxygen atoms in total. The van der Waals surface area contributed by atoms with E-state index >= 15 is 0 Å². The second-order valence-electron chi connectivity index (χ2n) is 14.9. The highest BCUT2D eigenvalue weighted by Gasteiger charge is 2.53. The van der Waals surface area contributed by atoms with Crippen LogP contribution >= 0.6 is 11.3 Å². The topological polar surface area (TPSA) is 3.24 Å². The van der Waals surface area contributed by atoms with E-state index in [4.69, 9.17) is 0 Å². The molecule has 1 aromatic heterocycles. The molecule has 0 amide bonds. The Morgan fingerprint density at radius 3 is 1.87 bits per heavy atom. The highest BCUT2D eigenvalue weighted by molar-refractivity contribution is 7.36. The number of nitrogens with zero attached hydrogens (tertiary/aromatic N) is 1. The Morgan fingerprint density at radius 1 is 0.587 bits per heavy atom. The van der Waals surface area contributed by atoms with Crippen molar-refractivity contribution in [3.05, 3.63) is 132 Å². The van der Waals surface area contributed by atoms with Gasteiger partial charge in [0.2, 0.25) is 6.71 Å². The molecule has 0 radical (unpaired) electrons. The van der Waals surface area contributed by atoms with E-state index in [0.717, 1.165) is 0 Å². The van der Waals surface area contributed by atoms with E-state index in [9.17, 15) is 0 Å². The first-order valence-corrected chi connectivity index (χ1v) is 23.4. The molecular formula is C41H38BNSSi2. The number of rotatable bonds is 3. The van der Waals surface area contributed by atoms with Crippen molar-refractivity contribution < 1.29 is 0 Å². The van der Waals surface area contributed by atoms with Gasteiger partial charge in [-0.25, -0.2) is 0 Å². The summed E-state index contributed by atoms with van der Waals surface area (Å²) >= 11 is 2.15. The molecule has 0 atom stereocenters. The lowest BCUT2D eigenvalue weighted by Gasteiger charge is -2.45. The molecule has 224 valence electrons. The van der Waals surface area contributed by atoms with E-state index in [1.807, 2.05) is 0 Å². The molecule has 6 aromatic rings. The summed E-state index contributed by atoms with van der Waals surface area (Å²) in [5.74, 6) is 0. The van der Waals surface area contributed by atoms with Crippen LogP contribution in [0.1, 0.15) is 24.3 Å². The van der Waals surface area contributed by atoms with Gasteiger partial charge in [0, 0.05) is 27.4 Å². The van der Waals surface area contributed by atoms with Gasteiger partial charge in [-0.3, -0.25) is 0 Å². The van der Waals surface area contributed by atoms with Gasteiger partial charge in [-0.1, -0.05) is 157 Å². The van der Waals surface area contributed by atoms with Gasteiger partial charge in [0.25, 0.3) is 0 Å². The minimum Gasteiger partial charge on any atom is -0.311 e. The fourth-order valence-electron chi connectivity index (χ4n) is 9.03. The predicted octanol–water partition coefficient (Wildman–Crippen LogP) is 6.31. The normalized spacial score (nSPS) is 17.0. The monoisotopic (exact) mass is 643 g/mol. The Morgan fingerprint density at radius 2 is 1.20 bits per heavy atom. The van der Waals surface area contributed by atoms with Crippen molar-refractivity contribution in [2.45, 2.75) is 45.5 Å². The molecule has 0 spiro atoms. The Balaban J connectivity index is 1.34. The van der Waals surface area contributed by atoms with Gasteiger partial charge in [0.15, 0.2) is 0 Å².